The third-order valence-electron chi connectivity index (χ3n) is 3.33. The van der Waals surface area contributed by atoms with E-state index in [0.29, 0.717) is 0 Å². The number of benzene rings is 2. The van der Waals surface area contributed by atoms with Gasteiger partial charge in [-0.2, -0.15) is 0 Å². The molecule has 0 bridgehead atoms. The van der Waals surface area contributed by atoms with E-state index in [9.17, 15) is 29.6 Å². The first-order valence-corrected chi connectivity index (χ1v) is 7.97. The number of nitrogens with zero attached hydrogens (tertiary/aromatic N) is 1. The lowest BCUT2D eigenvalue weighted by molar-refractivity contribution is -0.386. The second-order valence-corrected chi connectivity index (χ2v) is 6.07. The number of nitro groups is 1. The third kappa shape index (κ3) is 3.57. The lowest BCUT2D eigenvalue weighted by atomic mass is 9.86. The number of phosphoric ester groups is 1. The number of hydrogen-bond acceptors (Lipinski definition) is 5. The number of rotatable bonds is 5. The summed E-state index contributed by atoms with van der Waals surface area (Å²) in [5.41, 5.74) is -2.40. The average molecular weight is 339 g/mol. The van der Waals surface area contributed by atoms with Crippen molar-refractivity contribution in [2.45, 2.75) is 12.5 Å². The van der Waals surface area contributed by atoms with E-state index in [1.807, 2.05) is 0 Å². The molecule has 23 heavy (non-hydrogen) atoms. The summed E-state index contributed by atoms with van der Waals surface area (Å²) < 4.78 is 16.3. The van der Waals surface area contributed by atoms with Gasteiger partial charge in [-0.25, -0.2) is 4.57 Å². The lowest BCUT2D eigenvalue weighted by Gasteiger charge is -2.30. The van der Waals surface area contributed by atoms with Crippen LogP contribution in [0.3, 0.4) is 0 Å². The van der Waals surface area contributed by atoms with Gasteiger partial charge >= 0.3 is 7.82 Å². The second kappa shape index (κ2) is 6.10. The zero-order chi connectivity index (χ0) is 17.3. The van der Waals surface area contributed by atoms with Gasteiger partial charge in [0.1, 0.15) is 11.4 Å². The highest BCUT2D eigenvalue weighted by Gasteiger charge is 2.42. The molecule has 1 atom stereocenters. The monoisotopic (exact) mass is 339 g/mol. The quantitative estimate of drug-likeness (QED) is 0.433. The molecule has 0 aliphatic rings. The molecule has 0 saturated carbocycles. The molecule has 0 aliphatic carbocycles. The Morgan fingerprint density at radius 2 is 1.61 bits per heavy atom. The van der Waals surface area contributed by atoms with Crippen LogP contribution in [-0.4, -0.2) is 19.8 Å². The summed E-state index contributed by atoms with van der Waals surface area (Å²) >= 11 is 0. The van der Waals surface area contributed by atoms with Crippen LogP contribution in [0, 0.1) is 10.1 Å². The molecule has 0 aromatic heterocycles. The predicted molar refractivity (Wildman–Crippen MR) is 80.8 cm³/mol. The minimum absolute atomic E-state index is 0.00220. The van der Waals surface area contributed by atoms with E-state index in [4.69, 9.17) is 4.52 Å². The molecule has 0 heterocycles. The Labute approximate surface area is 131 Å². The van der Waals surface area contributed by atoms with Crippen LogP contribution >= 0.6 is 7.82 Å². The highest BCUT2D eigenvalue weighted by Crippen LogP contribution is 2.51. The lowest BCUT2D eigenvalue weighted by Crippen LogP contribution is -2.27. The van der Waals surface area contributed by atoms with E-state index in [1.54, 1.807) is 0 Å². The topological polar surface area (TPSA) is 130 Å². The summed E-state index contributed by atoms with van der Waals surface area (Å²) in [5.74, 6) is -0.304. The minimum Gasteiger partial charge on any atom is -0.508 e. The van der Waals surface area contributed by atoms with Crippen molar-refractivity contribution in [3.63, 3.8) is 0 Å². The van der Waals surface area contributed by atoms with Crippen molar-refractivity contribution in [3.8, 4) is 5.75 Å². The molecule has 0 radical (unpaired) electrons. The number of aromatic hydroxyl groups is 1. The standard InChI is InChI=1S/C14H14NO7P/c1-14(22-23(19,20)21,11-7-3-5-9-13(11)16)10-6-2-4-8-12(10)15(17)18/h2-9,16H,1H3,(H2,19,20,21). The molecule has 9 heteroatoms. The summed E-state index contributed by atoms with van der Waals surface area (Å²) in [6.07, 6.45) is 0. The fourth-order valence-electron chi connectivity index (χ4n) is 2.39. The molecule has 3 N–H and O–H groups in total. The van der Waals surface area contributed by atoms with Crippen LogP contribution < -0.4 is 0 Å². The van der Waals surface area contributed by atoms with Gasteiger partial charge in [0, 0.05) is 11.6 Å². The van der Waals surface area contributed by atoms with Crippen molar-refractivity contribution in [1.29, 1.82) is 0 Å². The molecule has 0 aliphatic heterocycles. The van der Waals surface area contributed by atoms with Crippen molar-refractivity contribution < 1.29 is 28.9 Å². The number of phenols is 1. The SMILES string of the molecule is CC(OP(=O)(O)O)(c1ccccc1O)c1ccccc1[N+](=O)[O-]. The highest BCUT2D eigenvalue weighted by atomic mass is 31.2. The molecule has 0 fully saturated rings. The predicted octanol–water partition coefficient (Wildman–Crippen LogP) is 2.67. The van der Waals surface area contributed by atoms with Gasteiger partial charge in [-0.05, 0) is 19.1 Å². The molecule has 8 nitrogen and oxygen atoms in total. The Morgan fingerprint density at radius 1 is 1.09 bits per heavy atom. The maximum Gasteiger partial charge on any atom is 0.470 e. The van der Waals surface area contributed by atoms with E-state index in [0.717, 1.165) is 0 Å². The van der Waals surface area contributed by atoms with Gasteiger partial charge in [0.05, 0.1) is 10.5 Å². The Morgan fingerprint density at radius 3 is 2.13 bits per heavy atom. The molecule has 122 valence electrons. The fourth-order valence-corrected chi connectivity index (χ4v) is 3.07. The molecular formula is C14H14NO7P. The van der Waals surface area contributed by atoms with Gasteiger partial charge in [-0.3, -0.25) is 14.6 Å². The molecule has 0 spiro atoms. The number of para-hydroxylation sites is 2. The molecule has 1 unspecified atom stereocenters. The zero-order valence-electron chi connectivity index (χ0n) is 12.0. The van der Waals surface area contributed by atoms with Gasteiger partial charge in [-0.1, -0.05) is 30.3 Å². The van der Waals surface area contributed by atoms with Crippen LogP contribution in [0.2, 0.25) is 0 Å². The summed E-state index contributed by atoms with van der Waals surface area (Å²) in [7, 11) is -5.02. The van der Waals surface area contributed by atoms with Gasteiger partial charge in [0.2, 0.25) is 0 Å². The Bertz CT molecular complexity index is 788. The maximum atomic E-state index is 11.4. The van der Waals surface area contributed by atoms with E-state index < -0.39 is 18.3 Å². The zero-order valence-corrected chi connectivity index (χ0v) is 12.9. The van der Waals surface area contributed by atoms with Crippen LogP contribution in [0.5, 0.6) is 5.75 Å². The smallest absolute Gasteiger partial charge is 0.470 e. The van der Waals surface area contributed by atoms with Crippen LogP contribution in [0.1, 0.15) is 18.1 Å². The average Bonchev–Trinajstić information content (AvgIpc) is 2.45. The van der Waals surface area contributed by atoms with E-state index in [2.05, 4.69) is 0 Å². The number of phosphoric acid groups is 1. The molecular weight excluding hydrogens is 325 g/mol. The van der Waals surface area contributed by atoms with Gasteiger partial charge < -0.3 is 14.9 Å². The van der Waals surface area contributed by atoms with E-state index in [1.165, 1.54) is 55.5 Å². The van der Waals surface area contributed by atoms with Crippen LogP contribution in [0.4, 0.5) is 5.69 Å². The fraction of sp³-hybridized carbons (Fsp3) is 0.143. The van der Waals surface area contributed by atoms with Crippen molar-refractivity contribution in [2.24, 2.45) is 0 Å². The Hall–Kier alpha value is -2.25. The first-order chi connectivity index (χ1) is 10.6. The molecule has 2 rings (SSSR count). The van der Waals surface area contributed by atoms with Crippen LogP contribution in [0.25, 0.3) is 0 Å². The largest absolute Gasteiger partial charge is 0.508 e. The Kier molecular flexibility index (Phi) is 4.53. The molecule has 2 aromatic carbocycles. The van der Waals surface area contributed by atoms with Crippen LogP contribution in [-0.2, 0) is 14.7 Å². The summed E-state index contributed by atoms with van der Waals surface area (Å²) in [6, 6.07) is 11.1. The summed E-state index contributed by atoms with van der Waals surface area (Å²) in [5, 5.41) is 21.3. The van der Waals surface area contributed by atoms with Gasteiger partial charge in [0.15, 0.2) is 0 Å². The molecule has 0 amide bonds. The molecule has 0 saturated heterocycles. The van der Waals surface area contributed by atoms with Gasteiger partial charge in [-0.15, -0.1) is 0 Å². The molecule has 2 aromatic rings. The van der Waals surface area contributed by atoms with E-state index >= 15 is 0 Å². The normalized spacial score (nSPS) is 14.2. The van der Waals surface area contributed by atoms with Crippen molar-refractivity contribution in [3.05, 3.63) is 69.8 Å². The maximum absolute atomic E-state index is 11.4. The third-order valence-corrected chi connectivity index (χ3v) is 3.94. The number of nitro benzene ring substituents is 1. The van der Waals surface area contributed by atoms with Gasteiger partial charge in [0.25, 0.3) is 5.69 Å². The number of hydrogen-bond donors (Lipinski definition) is 3. The first kappa shape index (κ1) is 17.1. The second-order valence-electron chi connectivity index (χ2n) is 4.91. The number of phenolic OH excluding ortho intramolecular Hbond substituents is 1. The summed E-state index contributed by atoms with van der Waals surface area (Å²) in [6.45, 7) is 1.25. The Balaban J connectivity index is 2.77. The minimum atomic E-state index is -5.02. The summed E-state index contributed by atoms with van der Waals surface area (Å²) in [4.78, 5) is 29.0. The van der Waals surface area contributed by atoms with Crippen molar-refractivity contribution in [2.75, 3.05) is 0 Å². The highest BCUT2D eigenvalue weighted by molar-refractivity contribution is 7.46. The van der Waals surface area contributed by atoms with Crippen molar-refractivity contribution >= 4 is 13.5 Å². The van der Waals surface area contributed by atoms with Crippen molar-refractivity contribution in [1.82, 2.24) is 0 Å². The van der Waals surface area contributed by atoms with Crippen LogP contribution in [0.15, 0.2) is 48.5 Å². The van der Waals surface area contributed by atoms with E-state index in [-0.39, 0.29) is 22.6 Å². The first-order valence-electron chi connectivity index (χ1n) is 6.44.